The number of methoxy groups -OCH3 is 1. The van der Waals surface area contributed by atoms with Gasteiger partial charge in [0.1, 0.15) is 11.6 Å². The van der Waals surface area contributed by atoms with E-state index in [0.717, 1.165) is 16.7 Å². The molecule has 0 radical (unpaired) electrons. The topological polar surface area (TPSA) is 21.3 Å². The van der Waals surface area contributed by atoms with Gasteiger partial charge in [-0.2, -0.15) is 0 Å². The van der Waals surface area contributed by atoms with Crippen LogP contribution in [0.25, 0.3) is 0 Å². The second-order valence-corrected chi connectivity index (χ2v) is 5.55. The molecule has 112 valence electrons. The summed E-state index contributed by atoms with van der Waals surface area (Å²) in [6.45, 7) is 1.93. The molecule has 0 amide bonds. The number of aryl methyl sites for hydroxylation is 1. The summed E-state index contributed by atoms with van der Waals surface area (Å²) >= 11 is 12.5. The van der Waals surface area contributed by atoms with Gasteiger partial charge in [0.2, 0.25) is 0 Å². The first-order valence-electron chi connectivity index (χ1n) is 6.44. The molecule has 0 aliphatic heterocycles. The number of ether oxygens (including phenoxy) is 1. The third-order valence-corrected chi connectivity index (χ3v) is 4.05. The molecule has 0 saturated carbocycles. The molecule has 1 N–H and O–H groups in total. The molecular formula is C16H16Cl2FNO. The van der Waals surface area contributed by atoms with Crippen molar-refractivity contribution in [1.29, 1.82) is 0 Å². The van der Waals surface area contributed by atoms with Gasteiger partial charge in [-0.15, -0.1) is 0 Å². The largest absolute Gasteiger partial charge is 0.495 e. The fraction of sp³-hybridized carbons (Fsp3) is 0.250. The van der Waals surface area contributed by atoms with Gasteiger partial charge in [-0.25, -0.2) is 4.39 Å². The number of hydrogen-bond donors (Lipinski definition) is 1. The van der Waals surface area contributed by atoms with Gasteiger partial charge >= 0.3 is 0 Å². The van der Waals surface area contributed by atoms with Gasteiger partial charge in [-0.1, -0.05) is 29.3 Å². The van der Waals surface area contributed by atoms with Crippen molar-refractivity contribution in [2.75, 3.05) is 14.2 Å². The molecular weight excluding hydrogens is 312 g/mol. The molecule has 0 fully saturated rings. The Balaban J connectivity index is 2.56. The van der Waals surface area contributed by atoms with Crippen LogP contribution in [-0.4, -0.2) is 14.2 Å². The number of nitrogens with one attached hydrogen (secondary N) is 1. The van der Waals surface area contributed by atoms with Gasteiger partial charge < -0.3 is 10.1 Å². The Labute approximate surface area is 133 Å². The van der Waals surface area contributed by atoms with Crippen molar-refractivity contribution in [3.63, 3.8) is 0 Å². The predicted octanol–water partition coefficient (Wildman–Crippen LogP) is 4.76. The lowest BCUT2D eigenvalue weighted by Gasteiger charge is -2.21. The predicted molar refractivity (Wildman–Crippen MR) is 85.1 cm³/mol. The molecule has 0 spiro atoms. The lowest BCUT2D eigenvalue weighted by Crippen LogP contribution is -2.19. The SMILES string of the molecule is CNC(c1cc(F)ccc1C)c1cc(Cl)c(OC)cc1Cl. The molecule has 0 aliphatic rings. The maximum atomic E-state index is 13.6. The van der Waals surface area contributed by atoms with Gasteiger partial charge in [-0.05, 0) is 48.9 Å². The first-order valence-corrected chi connectivity index (χ1v) is 7.19. The molecule has 21 heavy (non-hydrogen) atoms. The van der Waals surface area contributed by atoms with E-state index in [-0.39, 0.29) is 11.9 Å². The van der Waals surface area contributed by atoms with Crippen LogP contribution in [0.5, 0.6) is 5.75 Å². The minimum Gasteiger partial charge on any atom is -0.495 e. The number of benzene rings is 2. The van der Waals surface area contributed by atoms with Crippen LogP contribution in [-0.2, 0) is 0 Å². The van der Waals surface area contributed by atoms with Crippen molar-refractivity contribution in [2.24, 2.45) is 0 Å². The minimum atomic E-state index is -0.286. The summed E-state index contributed by atoms with van der Waals surface area (Å²) in [6.07, 6.45) is 0. The molecule has 2 nitrogen and oxygen atoms in total. The Morgan fingerprint density at radius 1 is 1.10 bits per heavy atom. The van der Waals surface area contributed by atoms with E-state index in [4.69, 9.17) is 27.9 Å². The fourth-order valence-corrected chi connectivity index (χ4v) is 2.83. The Kier molecular flexibility index (Phi) is 5.09. The van der Waals surface area contributed by atoms with Crippen LogP contribution in [0.4, 0.5) is 4.39 Å². The number of halogens is 3. The minimum absolute atomic E-state index is 0.253. The van der Waals surface area contributed by atoms with E-state index in [9.17, 15) is 4.39 Å². The standard InChI is InChI=1S/C16H16Cl2FNO/c1-9-4-5-10(19)6-11(9)16(20-2)12-7-14(18)15(21-3)8-13(12)17/h4-8,16,20H,1-3H3. The molecule has 0 aromatic heterocycles. The second-order valence-electron chi connectivity index (χ2n) is 4.73. The van der Waals surface area contributed by atoms with Crippen molar-refractivity contribution in [1.82, 2.24) is 5.32 Å². The Morgan fingerprint density at radius 3 is 2.43 bits per heavy atom. The van der Waals surface area contributed by atoms with Gasteiger partial charge in [0, 0.05) is 11.1 Å². The monoisotopic (exact) mass is 327 g/mol. The van der Waals surface area contributed by atoms with Crippen LogP contribution in [0.1, 0.15) is 22.7 Å². The van der Waals surface area contributed by atoms with Crippen LogP contribution in [0.15, 0.2) is 30.3 Å². The van der Waals surface area contributed by atoms with Crippen LogP contribution >= 0.6 is 23.2 Å². The molecule has 2 rings (SSSR count). The Bertz CT molecular complexity index is 661. The molecule has 0 heterocycles. The summed E-state index contributed by atoms with van der Waals surface area (Å²) in [6, 6.07) is 7.84. The summed E-state index contributed by atoms with van der Waals surface area (Å²) in [7, 11) is 3.33. The highest BCUT2D eigenvalue weighted by Gasteiger charge is 2.20. The van der Waals surface area contributed by atoms with Crippen molar-refractivity contribution >= 4 is 23.2 Å². The molecule has 5 heteroatoms. The number of rotatable bonds is 4. The van der Waals surface area contributed by atoms with Gasteiger partial charge in [0.15, 0.2) is 0 Å². The Hall–Kier alpha value is -1.29. The van der Waals surface area contributed by atoms with E-state index in [2.05, 4.69) is 5.32 Å². The molecule has 2 aromatic rings. The summed E-state index contributed by atoms with van der Waals surface area (Å²) < 4.78 is 18.7. The first kappa shape index (κ1) is 16.1. The smallest absolute Gasteiger partial charge is 0.138 e. The molecule has 0 saturated heterocycles. The van der Waals surface area contributed by atoms with E-state index >= 15 is 0 Å². The van der Waals surface area contributed by atoms with Crippen LogP contribution in [0.2, 0.25) is 10.0 Å². The maximum Gasteiger partial charge on any atom is 0.138 e. The average molecular weight is 328 g/mol. The molecule has 1 unspecified atom stereocenters. The molecule has 0 bridgehead atoms. The van der Waals surface area contributed by atoms with E-state index in [1.165, 1.54) is 19.2 Å². The highest BCUT2D eigenvalue weighted by molar-refractivity contribution is 6.34. The van der Waals surface area contributed by atoms with Crippen molar-refractivity contribution in [2.45, 2.75) is 13.0 Å². The summed E-state index contributed by atoms with van der Waals surface area (Å²) in [5.74, 6) is 0.225. The van der Waals surface area contributed by atoms with Crippen molar-refractivity contribution < 1.29 is 9.13 Å². The van der Waals surface area contributed by atoms with E-state index in [1.807, 2.05) is 6.92 Å². The normalized spacial score (nSPS) is 12.3. The summed E-state index contributed by atoms with van der Waals surface area (Å²) in [4.78, 5) is 0. The zero-order valence-electron chi connectivity index (χ0n) is 12.0. The zero-order valence-corrected chi connectivity index (χ0v) is 13.5. The molecule has 2 aromatic carbocycles. The molecule has 0 aliphatic carbocycles. The Morgan fingerprint density at radius 2 is 1.81 bits per heavy atom. The summed E-state index contributed by atoms with van der Waals surface area (Å²) in [5.41, 5.74) is 2.57. The molecule has 1 atom stereocenters. The maximum absolute atomic E-state index is 13.6. The third kappa shape index (κ3) is 3.31. The third-order valence-electron chi connectivity index (χ3n) is 3.42. The van der Waals surface area contributed by atoms with E-state index in [0.29, 0.717) is 15.8 Å². The van der Waals surface area contributed by atoms with Gasteiger partial charge in [0.05, 0.1) is 18.2 Å². The summed E-state index contributed by atoms with van der Waals surface area (Å²) in [5, 5.41) is 4.13. The van der Waals surface area contributed by atoms with Crippen LogP contribution < -0.4 is 10.1 Å². The van der Waals surface area contributed by atoms with Crippen LogP contribution in [0.3, 0.4) is 0 Å². The fourth-order valence-electron chi connectivity index (χ4n) is 2.32. The second kappa shape index (κ2) is 6.65. The van der Waals surface area contributed by atoms with E-state index < -0.39 is 0 Å². The average Bonchev–Trinajstić information content (AvgIpc) is 2.46. The van der Waals surface area contributed by atoms with E-state index in [1.54, 1.807) is 25.2 Å². The van der Waals surface area contributed by atoms with Crippen LogP contribution in [0, 0.1) is 12.7 Å². The van der Waals surface area contributed by atoms with Gasteiger partial charge in [-0.3, -0.25) is 0 Å². The van der Waals surface area contributed by atoms with Crippen molar-refractivity contribution in [3.05, 3.63) is 62.9 Å². The number of hydrogen-bond acceptors (Lipinski definition) is 2. The quantitative estimate of drug-likeness (QED) is 0.874. The lowest BCUT2D eigenvalue weighted by molar-refractivity contribution is 0.415. The highest BCUT2D eigenvalue weighted by Crippen LogP contribution is 2.36. The highest BCUT2D eigenvalue weighted by atomic mass is 35.5. The van der Waals surface area contributed by atoms with Crippen molar-refractivity contribution in [3.8, 4) is 5.75 Å². The lowest BCUT2D eigenvalue weighted by atomic mass is 9.95. The van der Waals surface area contributed by atoms with Gasteiger partial charge in [0.25, 0.3) is 0 Å². The first-order chi connectivity index (χ1) is 9.97. The zero-order chi connectivity index (χ0) is 15.6.